The van der Waals surface area contributed by atoms with E-state index in [1.54, 1.807) is 0 Å². The molecule has 0 spiro atoms. The van der Waals surface area contributed by atoms with E-state index in [1.807, 2.05) is 43.3 Å². The third-order valence-electron chi connectivity index (χ3n) is 3.64. The van der Waals surface area contributed by atoms with Gasteiger partial charge < -0.3 is 15.0 Å². The van der Waals surface area contributed by atoms with E-state index in [0.29, 0.717) is 13.3 Å². The third-order valence-corrected chi connectivity index (χ3v) is 4.05. The fourth-order valence-corrected chi connectivity index (χ4v) is 2.64. The number of fused-ring (bicyclic) bond motifs is 1. The molecule has 0 unspecified atom stereocenters. The van der Waals surface area contributed by atoms with E-state index >= 15 is 0 Å². The number of benzene rings is 2. The number of nitrogens with one attached hydrogen (secondary N) is 1. The molecule has 1 N–H and O–H groups in total. The van der Waals surface area contributed by atoms with Crippen molar-refractivity contribution >= 4 is 28.9 Å². The van der Waals surface area contributed by atoms with Gasteiger partial charge in [-0.15, -0.1) is 0 Å². The highest BCUT2D eigenvalue weighted by atomic mass is 35.5. The first-order valence-electron chi connectivity index (χ1n) is 7.07. The van der Waals surface area contributed by atoms with Crippen molar-refractivity contribution in [3.63, 3.8) is 0 Å². The van der Waals surface area contributed by atoms with Crippen molar-refractivity contribution < 1.29 is 9.53 Å². The van der Waals surface area contributed by atoms with Gasteiger partial charge in [-0.2, -0.15) is 0 Å². The monoisotopic (exact) mass is 316 g/mol. The number of carbonyl (C=O) groups is 1. The fraction of sp³-hybridized carbons (Fsp3) is 0.235. The highest BCUT2D eigenvalue weighted by Crippen LogP contribution is 2.32. The number of nitrogens with zero attached hydrogens (tertiary/aromatic N) is 1. The number of aryl methyl sites for hydroxylation is 1. The number of ether oxygens (including phenoxy) is 1. The molecule has 3 rings (SSSR count). The maximum atomic E-state index is 11.2. The molecule has 0 saturated heterocycles. The minimum atomic E-state index is -0.0844. The normalized spacial score (nSPS) is 13.3. The average Bonchev–Trinajstić information content (AvgIpc) is 2.48. The molecule has 114 valence electrons. The van der Waals surface area contributed by atoms with Crippen LogP contribution in [0.4, 0.5) is 11.4 Å². The summed E-state index contributed by atoms with van der Waals surface area (Å²) in [4.78, 5) is 13.3. The lowest BCUT2D eigenvalue weighted by atomic mass is 10.1. The topological polar surface area (TPSA) is 41.6 Å². The van der Waals surface area contributed by atoms with E-state index in [0.717, 1.165) is 33.3 Å². The second kappa shape index (κ2) is 5.89. The first kappa shape index (κ1) is 14.7. The molecular weight excluding hydrogens is 300 g/mol. The number of hydrogen-bond donors (Lipinski definition) is 1. The van der Waals surface area contributed by atoms with Gasteiger partial charge in [-0.1, -0.05) is 17.7 Å². The maximum Gasteiger partial charge on any atom is 0.221 e. The minimum absolute atomic E-state index is 0.0844. The molecule has 1 heterocycles. The van der Waals surface area contributed by atoms with Gasteiger partial charge >= 0.3 is 0 Å². The van der Waals surface area contributed by atoms with Crippen LogP contribution in [0, 0.1) is 6.92 Å². The van der Waals surface area contributed by atoms with E-state index < -0.39 is 0 Å². The summed E-state index contributed by atoms with van der Waals surface area (Å²) in [7, 11) is 0. The minimum Gasteiger partial charge on any atom is -0.473 e. The second-order valence-corrected chi connectivity index (χ2v) is 5.82. The van der Waals surface area contributed by atoms with Gasteiger partial charge in [0, 0.05) is 35.4 Å². The van der Waals surface area contributed by atoms with Gasteiger partial charge in [0.2, 0.25) is 5.91 Å². The summed E-state index contributed by atoms with van der Waals surface area (Å²) < 4.78 is 5.79. The quantitative estimate of drug-likeness (QED) is 0.911. The summed E-state index contributed by atoms with van der Waals surface area (Å²) >= 11 is 6.20. The molecular formula is C17H17ClN2O2. The van der Waals surface area contributed by atoms with Gasteiger partial charge in [-0.25, -0.2) is 0 Å². The predicted molar refractivity (Wildman–Crippen MR) is 88.6 cm³/mol. The van der Waals surface area contributed by atoms with Crippen LogP contribution in [-0.4, -0.2) is 12.6 Å². The van der Waals surface area contributed by atoms with E-state index in [1.165, 1.54) is 6.92 Å². The molecule has 0 saturated carbocycles. The zero-order valence-electron chi connectivity index (χ0n) is 12.5. The number of carbonyl (C=O) groups excluding carboxylic acids is 1. The highest BCUT2D eigenvalue weighted by molar-refractivity contribution is 6.31. The Hall–Kier alpha value is -2.20. The van der Waals surface area contributed by atoms with Gasteiger partial charge in [0.15, 0.2) is 6.73 Å². The van der Waals surface area contributed by atoms with Crippen LogP contribution in [0.1, 0.15) is 18.1 Å². The van der Waals surface area contributed by atoms with Crippen molar-refractivity contribution in [3.8, 4) is 5.75 Å². The van der Waals surface area contributed by atoms with E-state index in [-0.39, 0.29) is 5.91 Å². The Balaban J connectivity index is 1.85. The standard InChI is InChI=1S/C17H17ClN2O2/c1-11-3-5-15(8-16(11)18)20-9-13-7-14(19-12(2)21)4-6-17(13)22-10-20/h3-8H,9-10H2,1-2H3,(H,19,21). The number of rotatable bonds is 2. The molecule has 2 aromatic carbocycles. The van der Waals surface area contributed by atoms with Crippen molar-refractivity contribution in [2.24, 2.45) is 0 Å². The van der Waals surface area contributed by atoms with Crippen LogP contribution in [0.25, 0.3) is 0 Å². The van der Waals surface area contributed by atoms with Gasteiger partial charge in [0.25, 0.3) is 0 Å². The fourth-order valence-electron chi connectivity index (χ4n) is 2.47. The first-order valence-corrected chi connectivity index (χ1v) is 7.45. The predicted octanol–water partition coefficient (Wildman–Crippen LogP) is 3.96. The first-order chi connectivity index (χ1) is 10.5. The molecule has 0 aromatic heterocycles. The van der Waals surface area contributed by atoms with E-state index in [2.05, 4.69) is 10.2 Å². The zero-order chi connectivity index (χ0) is 15.7. The molecule has 0 radical (unpaired) electrons. The van der Waals surface area contributed by atoms with Crippen LogP contribution in [-0.2, 0) is 11.3 Å². The smallest absolute Gasteiger partial charge is 0.221 e. The summed E-state index contributed by atoms with van der Waals surface area (Å²) in [5, 5.41) is 3.54. The van der Waals surface area contributed by atoms with Crippen molar-refractivity contribution in [3.05, 3.63) is 52.5 Å². The Bertz CT molecular complexity index is 731. The maximum absolute atomic E-state index is 11.2. The summed E-state index contributed by atoms with van der Waals surface area (Å²) in [5.74, 6) is 0.766. The zero-order valence-corrected chi connectivity index (χ0v) is 13.3. The van der Waals surface area contributed by atoms with Gasteiger partial charge in [0.05, 0.1) is 0 Å². The molecule has 0 fully saturated rings. The number of halogens is 1. The van der Waals surface area contributed by atoms with E-state index in [4.69, 9.17) is 16.3 Å². The van der Waals surface area contributed by atoms with Gasteiger partial charge in [-0.05, 0) is 42.8 Å². The highest BCUT2D eigenvalue weighted by Gasteiger charge is 2.18. The van der Waals surface area contributed by atoms with Crippen LogP contribution in [0.5, 0.6) is 5.75 Å². The lowest BCUT2D eigenvalue weighted by Crippen LogP contribution is -2.31. The number of anilines is 2. The summed E-state index contributed by atoms with van der Waals surface area (Å²) in [6.45, 7) is 4.67. The molecule has 1 aliphatic rings. The Kier molecular flexibility index (Phi) is 3.94. The molecule has 0 atom stereocenters. The SMILES string of the molecule is CC(=O)Nc1ccc2c(c1)CN(c1ccc(C)c(Cl)c1)CO2. The molecule has 0 bridgehead atoms. The Morgan fingerprint density at radius 3 is 2.82 bits per heavy atom. The van der Waals surface area contributed by atoms with Crippen LogP contribution in [0.2, 0.25) is 5.02 Å². The van der Waals surface area contributed by atoms with Crippen molar-refractivity contribution in [1.82, 2.24) is 0 Å². The molecule has 5 heteroatoms. The molecule has 22 heavy (non-hydrogen) atoms. The summed E-state index contributed by atoms with van der Waals surface area (Å²) in [5.41, 5.74) is 3.88. The lowest BCUT2D eigenvalue weighted by molar-refractivity contribution is -0.114. The Morgan fingerprint density at radius 2 is 2.09 bits per heavy atom. The van der Waals surface area contributed by atoms with Crippen LogP contribution >= 0.6 is 11.6 Å². The van der Waals surface area contributed by atoms with Crippen molar-refractivity contribution in [2.45, 2.75) is 20.4 Å². The van der Waals surface area contributed by atoms with Crippen molar-refractivity contribution in [1.29, 1.82) is 0 Å². The van der Waals surface area contributed by atoms with E-state index in [9.17, 15) is 4.79 Å². The Morgan fingerprint density at radius 1 is 1.27 bits per heavy atom. The lowest BCUT2D eigenvalue weighted by Gasteiger charge is -2.31. The summed E-state index contributed by atoms with van der Waals surface area (Å²) in [6.07, 6.45) is 0. The Labute approximate surface area is 134 Å². The van der Waals surface area contributed by atoms with Crippen LogP contribution < -0.4 is 15.0 Å². The third kappa shape index (κ3) is 3.02. The van der Waals surface area contributed by atoms with Gasteiger partial charge in [-0.3, -0.25) is 4.79 Å². The summed E-state index contributed by atoms with van der Waals surface area (Å²) in [6, 6.07) is 11.7. The average molecular weight is 317 g/mol. The molecule has 1 amide bonds. The van der Waals surface area contributed by atoms with Crippen molar-refractivity contribution in [2.75, 3.05) is 16.9 Å². The largest absolute Gasteiger partial charge is 0.473 e. The molecule has 0 aliphatic carbocycles. The van der Waals surface area contributed by atoms with Crippen LogP contribution in [0.3, 0.4) is 0 Å². The molecule has 4 nitrogen and oxygen atoms in total. The molecule has 1 aliphatic heterocycles. The number of amides is 1. The molecule has 2 aromatic rings. The van der Waals surface area contributed by atoms with Crippen LogP contribution in [0.15, 0.2) is 36.4 Å². The second-order valence-electron chi connectivity index (χ2n) is 5.41. The van der Waals surface area contributed by atoms with Gasteiger partial charge in [0.1, 0.15) is 5.75 Å². The number of hydrogen-bond acceptors (Lipinski definition) is 3.